The standard InChI is InChI=1S/C21H23N3O2S/c1-2-23-12-14-24(15-13-23)21-18-10-6-7-11-19(18)22-16-20(21)27(25,26)17-8-4-3-5-9-17/h3-11,16H,2,12-15H2,1H3/p+2. The van der Waals surface area contributed by atoms with Gasteiger partial charge in [-0.05, 0) is 25.1 Å². The molecule has 0 spiro atoms. The molecule has 2 heterocycles. The van der Waals surface area contributed by atoms with Gasteiger partial charge >= 0.3 is 0 Å². The van der Waals surface area contributed by atoms with E-state index in [1.54, 1.807) is 35.4 Å². The minimum absolute atomic E-state index is 0.327. The van der Waals surface area contributed by atoms with Gasteiger partial charge in [-0.15, -0.1) is 0 Å². The van der Waals surface area contributed by atoms with E-state index in [1.807, 2.05) is 30.3 Å². The molecule has 0 aliphatic carbocycles. The molecular formula is C21H25N3O2S+2. The predicted molar refractivity (Wildman–Crippen MR) is 106 cm³/mol. The Labute approximate surface area is 160 Å². The summed E-state index contributed by atoms with van der Waals surface area (Å²) in [4.78, 5) is 7.67. The molecule has 1 fully saturated rings. The lowest BCUT2D eigenvalue weighted by Gasteiger charge is -2.34. The second-order valence-corrected chi connectivity index (χ2v) is 8.87. The summed E-state index contributed by atoms with van der Waals surface area (Å²) in [7, 11) is -3.61. The van der Waals surface area contributed by atoms with Gasteiger partial charge < -0.3 is 9.80 Å². The van der Waals surface area contributed by atoms with Crippen molar-refractivity contribution >= 4 is 26.4 Å². The number of hydrogen-bond donors (Lipinski definition) is 1. The maximum atomic E-state index is 13.4. The van der Waals surface area contributed by atoms with Crippen LogP contribution < -0.4 is 14.8 Å². The van der Waals surface area contributed by atoms with Gasteiger partial charge in [0.2, 0.25) is 15.4 Å². The molecule has 1 saturated heterocycles. The van der Waals surface area contributed by atoms with Crippen molar-refractivity contribution in [1.82, 2.24) is 0 Å². The molecule has 0 amide bonds. The summed E-state index contributed by atoms with van der Waals surface area (Å²) in [5, 5.41) is 0.953. The number of para-hydroxylation sites is 1. The number of H-pyrrole nitrogens is 1. The molecule has 5 nitrogen and oxygen atoms in total. The first-order valence-corrected chi connectivity index (χ1v) is 10.9. The molecule has 0 saturated carbocycles. The first-order valence-electron chi connectivity index (χ1n) is 9.43. The third kappa shape index (κ3) is 3.31. The van der Waals surface area contributed by atoms with Gasteiger partial charge in [-0.2, -0.15) is 0 Å². The van der Waals surface area contributed by atoms with Gasteiger partial charge in [-0.25, -0.2) is 13.4 Å². The maximum absolute atomic E-state index is 13.4. The molecular weight excluding hydrogens is 358 g/mol. The van der Waals surface area contributed by atoms with Crippen LogP contribution in [0.5, 0.6) is 0 Å². The van der Waals surface area contributed by atoms with Crippen LogP contribution in [0, 0.1) is 0 Å². The van der Waals surface area contributed by atoms with E-state index in [0.29, 0.717) is 9.79 Å². The smallest absolute Gasteiger partial charge is 0.214 e. The van der Waals surface area contributed by atoms with Crippen LogP contribution in [0.2, 0.25) is 0 Å². The third-order valence-electron chi connectivity index (χ3n) is 5.40. The van der Waals surface area contributed by atoms with Crippen LogP contribution in [-0.4, -0.2) is 41.1 Å². The van der Waals surface area contributed by atoms with E-state index in [2.05, 4.69) is 16.8 Å². The highest BCUT2D eigenvalue weighted by Gasteiger charge is 2.31. The molecule has 27 heavy (non-hydrogen) atoms. The largest absolute Gasteiger partial charge is 0.358 e. The number of pyridine rings is 1. The first kappa shape index (κ1) is 17.9. The SMILES string of the molecule is CC[NH+]1CCN(c2c(S(=O)(=O)c3ccccc3)c[nH+]c3ccccc23)CC1. The number of nitrogens with zero attached hydrogens (tertiary/aromatic N) is 1. The van der Waals surface area contributed by atoms with Crippen LogP contribution in [0.15, 0.2) is 70.6 Å². The highest BCUT2D eigenvalue weighted by molar-refractivity contribution is 7.91. The van der Waals surface area contributed by atoms with Crippen molar-refractivity contribution in [3.8, 4) is 0 Å². The molecule has 2 aromatic carbocycles. The Bertz CT molecular complexity index is 1040. The summed E-state index contributed by atoms with van der Waals surface area (Å²) < 4.78 is 26.8. The van der Waals surface area contributed by atoms with Crippen molar-refractivity contribution in [3.63, 3.8) is 0 Å². The minimum atomic E-state index is -3.61. The number of piperazine rings is 1. The zero-order valence-corrected chi connectivity index (χ0v) is 16.3. The number of benzene rings is 2. The van der Waals surface area contributed by atoms with E-state index >= 15 is 0 Å². The van der Waals surface area contributed by atoms with Crippen LogP contribution in [0.25, 0.3) is 10.9 Å². The Balaban J connectivity index is 1.89. The lowest BCUT2D eigenvalue weighted by Crippen LogP contribution is -3.14. The average Bonchev–Trinajstić information content (AvgIpc) is 2.73. The van der Waals surface area contributed by atoms with Gasteiger partial charge in [-0.3, -0.25) is 0 Å². The van der Waals surface area contributed by atoms with Crippen LogP contribution in [-0.2, 0) is 9.84 Å². The predicted octanol–water partition coefficient (Wildman–Crippen LogP) is 1.21. The number of aromatic nitrogens is 1. The van der Waals surface area contributed by atoms with E-state index in [0.717, 1.165) is 49.3 Å². The molecule has 4 rings (SSSR count). The van der Waals surface area contributed by atoms with Gasteiger partial charge in [0.1, 0.15) is 0 Å². The normalized spacial score (nSPS) is 16.0. The summed E-state index contributed by atoms with van der Waals surface area (Å²) in [6.07, 6.45) is 1.65. The summed E-state index contributed by atoms with van der Waals surface area (Å²) in [5.41, 5.74) is 1.77. The lowest BCUT2D eigenvalue weighted by molar-refractivity contribution is -0.898. The van der Waals surface area contributed by atoms with E-state index < -0.39 is 9.84 Å². The Morgan fingerprint density at radius 3 is 2.37 bits per heavy atom. The van der Waals surface area contributed by atoms with E-state index in [1.165, 1.54) is 0 Å². The van der Waals surface area contributed by atoms with Crippen molar-refractivity contribution in [1.29, 1.82) is 0 Å². The number of nitrogens with one attached hydrogen (secondary N) is 2. The van der Waals surface area contributed by atoms with Gasteiger partial charge in [0.05, 0.1) is 48.7 Å². The number of quaternary nitrogens is 1. The molecule has 1 aliphatic heterocycles. The summed E-state index contributed by atoms with van der Waals surface area (Å²) in [5.74, 6) is 0. The second kappa shape index (κ2) is 7.29. The monoisotopic (exact) mass is 383 g/mol. The van der Waals surface area contributed by atoms with Crippen LogP contribution in [0.3, 0.4) is 0 Å². The van der Waals surface area contributed by atoms with Gasteiger partial charge in [0.15, 0.2) is 11.1 Å². The number of aromatic amines is 1. The van der Waals surface area contributed by atoms with E-state index in [4.69, 9.17) is 0 Å². The van der Waals surface area contributed by atoms with E-state index in [9.17, 15) is 8.42 Å². The van der Waals surface area contributed by atoms with Crippen molar-refractivity contribution in [2.75, 3.05) is 37.6 Å². The number of rotatable bonds is 4. The Morgan fingerprint density at radius 2 is 1.67 bits per heavy atom. The molecule has 0 bridgehead atoms. The van der Waals surface area contributed by atoms with Gasteiger partial charge in [0.25, 0.3) is 0 Å². The number of likely N-dealkylation sites (N-methyl/N-ethyl adjacent to an activating group) is 1. The fourth-order valence-electron chi connectivity index (χ4n) is 3.82. The molecule has 3 aromatic rings. The molecule has 2 N–H and O–H groups in total. The molecule has 0 radical (unpaired) electrons. The van der Waals surface area contributed by atoms with Crippen molar-refractivity contribution in [3.05, 3.63) is 60.8 Å². The van der Waals surface area contributed by atoms with Crippen molar-refractivity contribution in [2.24, 2.45) is 0 Å². The molecule has 0 atom stereocenters. The van der Waals surface area contributed by atoms with Crippen molar-refractivity contribution < 1.29 is 18.3 Å². The van der Waals surface area contributed by atoms with Gasteiger partial charge in [0, 0.05) is 6.07 Å². The zero-order valence-electron chi connectivity index (χ0n) is 15.5. The van der Waals surface area contributed by atoms with Crippen LogP contribution in [0.4, 0.5) is 5.69 Å². The average molecular weight is 384 g/mol. The number of hydrogen-bond acceptors (Lipinski definition) is 3. The zero-order chi connectivity index (χ0) is 18.9. The summed E-state index contributed by atoms with van der Waals surface area (Å²) >= 11 is 0. The molecule has 1 aliphatic rings. The Kier molecular flexibility index (Phi) is 4.85. The molecule has 0 unspecified atom stereocenters. The van der Waals surface area contributed by atoms with Crippen LogP contribution in [0.1, 0.15) is 6.92 Å². The van der Waals surface area contributed by atoms with Gasteiger partial charge in [-0.1, -0.05) is 30.3 Å². The number of fused-ring (bicyclic) bond motifs is 1. The number of anilines is 1. The topological polar surface area (TPSA) is 56.0 Å². The quantitative estimate of drug-likeness (QED) is 0.737. The Hall–Kier alpha value is -2.44. The van der Waals surface area contributed by atoms with E-state index in [-0.39, 0.29) is 0 Å². The maximum Gasteiger partial charge on any atom is 0.214 e. The molecule has 6 heteroatoms. The van der Waals surface area contributed by atoms with Crippen LogP contribution >= 0.6 is 0 Å². The lowest BCUT2D eigenvalue weighted by atomic mass is 10.1. The third-order valence-corrected chi connectivity index (χ3v) is 7.19. The highest BCUT2D eigenvalue weighted by Crippen LogP contribution is 2.34. The highest BCUT2D eigenvalue weighted by atomic mass is 32.2. The minimum Gasteiger partial charge on any atom is -0.358 e. The van der Waals surface area contributed by atoms with Crippen molar-refractivity contribution in [2.45, 2.75) is 16.7 Å². The fourth-order valence-corrected chi connectivity index (χ4v) is 5.29. The molecule has 1 aromatic heterocycles. The second-order valence-electron chi connectivity index (χ2n) is 6.95. The summed E-state index contributed by atoms with van der Waals surface area (Å²) in [6, 6.07) is 16.6. The Morgan fingerprint density at radius 1 is 1.00 bits per heavy atom. The first-order chi connectivity index (χ1) is 13.1. The summed E-state index contributed by atoms with van der Waals surface area (Å²) in [6.45, 7) is 7.06. The molecule has 140 valence electrons. The number of sulfone groups is 1. The fraction of sp³-hybridized carbons (Fsp3) is 0.286.